The average molecular weight is 462 g/mol. The summed E-state index contributed by atoms with van der Waals surface area (Å²) < 4.78 is 5.17. The van der Waals surface area contributed by atoms with Crippen LogP contribution in [0.25, 0.3) is 11.1 Å². The van der Waals surface area contributed by atoms with Gasteiger partial charge in [-0.3, -0.25) is 0 Å². The van der Waals surface area contributed by atoms with Crippen molar-refractivity contribution in [2.75, 3.05) is 26.9 Å². The monoisotopic (exact) mass is 461 g/mol. The van der Waals surface area contributed by atoms with Gasteiger partial charge in [-0.05, 0) is 110 Å². The lowest BCUT2D eigenvalue weighted by Crippen LogP contribution is -2.03. The van der Waals surface area contributed by atoms with E-state index in [4.69, 9.17) is 9.84 Å². The lowest BCUT2D eigenvalue weighted by Gasteiger charge is -2.24. The predicted molar refractivity (Wildman–Crippen MR) is 142 cm³/mol. The van der Waals surface area contributed by atoms with Crippen LogP contribution in [0.2, 0.25) is 0 Å². The van der Waals surface area contributed by atoms with Gasteiger partial charge in [0.15, 0.2) is 0 Å². The zero-order valence-electron chi connectivity index (χ0n) is 20.8. The molecule has 0 heterocycles. The summed E-state index contributed by atoms with van der Waals surface area (Å²) in [5, 5.41) is 18.5. The maximum absolute atomic E-state index is 9.30. The fourth-order valence-electron chi connectivity index (χ4n) is 4.70. The molecular formula is C31H41O3. The highest BCUT2D eigenvalue weighted by Gasteiger charge is 2.19. The molecule has 0 fully saturated rings. The van der Waals surface area contributed by atoms with Gasteiger partial charge < -0.3 is 14.9 Å². The van der Waals surface area contributed by atoms with Crippen LogP contribution in [0.4, 0.5) is 0 Å². The van der Waals surface area contributed by atoms with Crippen molar-refractivity contribution in [1.82, 2.24) is 0 Å². The second-order valence-electron chi connectivity index (χ2n) is 9.17. The van der Waals surface area contributed by atoms with E-state index in [0.29, 0.717) is 0 Å². The number of rotatable bonds is 15. The average Bonchev–Trinajstić information content (AvgIpc) is 2.87. The molecule has 0 bridgehead atoms. The van der Waals surface area contributed by atoms with E-state index in [1.165, 1.54) is 39.0 Å². The van der Waals surface area contributed by atoms with Gasteiger partial charge in [0.25, 0.3) is 0 Å². The minimum Gasteiger partial charge on any atom is -0.396 e. The van der Waals surface area contributed by atoms with E-state index >= 15 is 0 Å². The minimum absolute atomic E-state index is 0.248. The van der Waals surface area contributed by atoms with Crippen LogP contribution in [0.3, 0.4) is 0 Å². The van der Waals surface area contributed by atoms with E-state index in [2.05, 4.69) is 61.0 Å². The number of ether oxygens (including phenoxy) is 1. The third kappa shape index (κ3) is 7.94. The number of unbranched alkanes of at least 4 members (excludes halogenated alkanes) is 3. The standard InChI is InChI=1S/C31H41O3/c1-34-23-7-4-10-25-17-19-27(20-18-25)30-16-9-14-28(13-3-6-22-33)31(30)29-15-8-12-26(24-29)11-2-5-21-32/h8,12,14-20,24,32-33H,2-7,9-11,13,21-23H2,1H3. The minimum atomic E-state index is 0.248. The number of aliphatic hydroxyl groups is 2. The van der Waals surface area contributed by atoms with Crippen molar-refractivity contribution in [3.05, 3.63) is 88.9 Å². The van der Waals surface area contributed by atoms with Crippen molar-refractivity contribution in [3.8, 4) is 0 Å². The van der Waals surface area contributed by atoms with Crippen LogP contribution in [-0.4, -0.2) is 37.1 Å². The molecule has 1 aliphatic carbocycles. The van der Waals surface area contributed by atoms with Crippen LogP contribution in [0, 0.1) is 6.42 Å². The second kappa shape index (κ2) is 14.9. The highest BCUT2D eigenvalue weighted by atomic mass is 16.5. The number of aryl methyl sites for hydroxylation is 2. The molecule has 3 rings (SSSR count). The van der Waals surface area contributed by atoms with E-state index in [9.17, 15) is 5.11 Å². The molecule has 0 saturated carbocycles. The number of allylic oxidation sites excluding steroid dienone is 4. The van der Waals surface area contributed by atoms with Crippen LogP contribution in [-0.2, 0) is 17.6 Å². The molecule has 0 atom stereocenters. The van der Waals surface area contributed by atoms with Crippen molar-refractivity contribution in [2.24, 2.45) is 0 Å². The van der Waals surface area contributed by atoms with E-state index in [1.54, 1.807) is 7.11 Å². The first-order chi connectivity index (χ1) is 16.8. The van der Waals surface area contributed by atoms with Gasteiger partial charge in [-0.25, -0.2) is 0 Å². The Hall–Kier alpha value is -2.20. The van der Waals surface area contributed by atoms with E-state index in [-0.39, 0.29) is 13.2 Å². The van der Waals surface area contributed by atoms with Crippen molar-refractivity contribution in [2.45, 2.75) is 64.2 Å². The number of hydrogen-bond acceptors (Lipinski definition) is 3. The molecule has 2 aromatic rings. The Bertz CT molecular complexity index is 924. The van der Waals surface area contributed by atoms with Gasteiger partial charge in [0.2, 0.25) is 0 Å². The van der Waals surface area contributed by atoms with Gasteiger partial charge in [0.05, 0.1) is 0 Å². The molecule has 34 heavy (non-hydrogen) atoms. The molecule has 0 unspecified atom stereocenters. The molecule has 0 spiro atoms. The summed E-state index contributed by atoms with van der Waals surface area (Å²) in [4.78, 5) is 0. The van der Waals surface area contributed by atoms with Crippen molar-refractivity contribution < 1.29 is 14.9 Å². The van der Waals surface area contributed by atoms with Crippen molar-refractivity contribution >= 4 is 11.1 Å². The lowest BCUT2D eigenvalue weighted by molar-refractivity contribution is 0.193. The molecule has 2 aromatic carbocycles. The molecule has 0 saturated heterocycles. The van der Waals surface area contributed by atoms with E-state index in [0.717, 1.165) is 70.8 Å². The first-order valence-corrected chi connectivity index (χ1v) is 12.9. The van der Waals surface area contributed by atoms with Crippen LogP contribution >= 0.6 is 0 Å². The Morgan fingerprint density at radius 1 is 0.735 bits per heavy atom. The fourth-order valence-corrected chi connectivity index (χ4v) is 4.70. The summed E-state index contributed by atoms with van der Waals surface area (Å²) in [6, 6.07) is 18.0. The first kappa shape index (κ1) is 26.4. The summed E-state index contributed by atoms with van der Waals surface area (Å²) >= 11 is 0. The topological polar surface area (TPSA) is 49.7 Å². The molecule has 0 amide bonds. The Kier molecular flexibility index (Phi) is 11.6. The quantitative estimate of drug-likeness (QED) is 0.295. The zero-order chi connectivity index (χ0) is 24.0. The molecule has 0 aromatic heterocycles. The van der Waals surface area contributed by atoms with Crippen molar-refractivity contribution in [3.63, 3.8) is 0 Å². The predicted octanol–water partition coefficient (Wildman–Crippen LogP) is 6.58. The first-order valence-electron chi connectivity index (χ1n) is 12.9. The Morgan fingerprint density at radius 3 is 2.18 bits per heavy atom. The van der Waals surface area contributed by atoms with Crippen LogP contribution in [0.5, 0.6) is 0 Å². The van der Waals surface area contributed by atoms with E-state index in [1.807, 2.05) is 0 Å². The summed E-state index contributed by atoms with van der Waals surface area (Å²) in [5.74, 6) is 0. The van der Waals surface area contributed by atoms with Gasteiger partial charge in [-0.1, -0.05) is 54.6 Å². The Labute approximate surface area is 206 Å². The van der Waals surface area contributed by atoms with Gasteiger partial charge >= 0.3 is 0 Å². The Morgan fingerprint density at radius 2 is 1.44 bits per heavy atom. The summed E-state index contributed by atoms with van der Waals surface area (Å²) in [6.07, 6.45) is 14.6. The third-order valence-corrected chi connectivity index (χ3v) is 6.55. The molecule has 0 aliphatic heterocycles. The normalized spacial score (nSPS) is 13.9. The number of hydrogen-bond donors (Lipinski definition) is 2. The van der Waals surface area contributed by atoms with Crippen molar-refractivity contribution in [1.29, 1.82) is 0 Å². The SMILES string of the molecule is COCCCCc1ccc(C2=C(c3cccc(CCCCO)c3)C(CCCCO)=CC[CH]2)cc1. The number of methoxy groups -OCH3 is 1. The van der Waals surface area contributed by atoms with Gasteiger partial charge in [-0.15, -0.1) is 0 Å². The summed E-state index contributed by atoms with van der Waals surface area (Å²) in [6.45, 7) is 1.33. The fraction of sp³-hybridized carbons (Fsp3) is 0.452. The molecule has 3 heteroatoms. The summed E-state index contributed by atoms with van der Waals surface area (Å²) in [5.41, 5.74) is 9.29. The third-order valence-electron chi connectivity index (χ3n) is 6.55. The van der Waals surface area contributed by atoms with Crippen LogP contribution in [0.15, 0.2) is 60.2 Å². The van der Waals surface area contributed by atoms with Gasteiger partial charge in [0, 0.05) is 26.9 Å². The van der Waals surface area contributed by atoms with Gasteiger partial charge in [-0.2, -0.15) is 0 Å². The molecular weight excluding hydrogens is 420 g/mol. The summed E-state index contributed by atoms with van der Waals surface area (Å²) in [7, 11) is 1.76. The molecule has 2 N–H and O–H groups in total. The smallest absolute Gasteiger partial charge is 0.0462 e. The number of benzene rings is 2. The molecule has 1 radical (unpaired) electrons. The molecule has 1 aliphatic rings. The lowest BCUT2D eigenvalue weighted by atomic mass is 9.81. The maximum atomic E-state index is 9.30. The molecule has 183 valence electrons. The molecule has 3 nitrogen and oxygen atoms in total. The maximum Gasteiger partial charge on any atom is 0.0462 e. The van der Waals surface area contributed by atoms with Crippen LogP contribution in [0.1, 0.15) is 73.6 Å². The van der Waals surface area contributed by atoms with E-state index < -0.39 is 0 Å². The zero-order valence-corrected chi connectivity index (χ0v) is 20.8. The second-order valence-corrected chi connectivity index (χ2v) is 9.17. The number of aliphatic hydroxyl groups excluding tert-OH is 2. The van der Waals surface area contributed by atoms with Gasteiger partial charge in [0.1, 0.15) is 0 Å². The largest absolute Gasteiger partial charge is 0.396 e. The highest BCUT2D eigenvalue weighted by molar-refractivity contribution is 6.02. The Balaban J connectivity index is 1.89. The van der Waals surface area contributed by atoms with Crippen LogP contribution < -0.4 is 0 Å². The highest BCUT2D eigenvalue weighted by Crippen LogP contribution is 2.40.